The van der Waals surface area contributed by atoms with Crippen LogP contribution in [-0.4, -0.2) is 10.2 Å². The highest BCUT2D eigenvalue weighted by molar-refractivity contribution is 7.99. The Morgan fingerprint density at radius 2 is 0.714 bits per heavy atom. The summed E-state index contributed by atoms with van der Waals surface area (Å²) < 4.78 is 0. The van der Waals surface area contributed by atoms with Crippen molar-refractivity contribution in [3.8, 4) is 11.5 Å². The van der Waals surface area contributed by atoms with Gasteiger partial charge in [-0.2, -0.15) is 0 Å². The summed E-state index contributed by atoms with van der Waals surface area (Å²) in [5, 5.41) is 22.0. The predicted molar refractivity (Wildman–Crippen MR) is 153 cm³/mol. The van der Waals surface area contributed by atoms with E-state index in [4.69, 9.17) is 0 Å². The quantitative estimate of drug-likeness (QED) is 0.201. The van der Waals surface area contributed by atoms with Crippen molar-refractivity contribution in [1.82, 2.24) is 0 Å². The molecule has 0 aliphatic rings. The van der Waals surface area contributed by atoms with Crippen molar-refractivity contribution in [3.63, 3.8) is 0 Å². The lowest BCUT2D eigenvalue weighted by Gasteiger charge is -2.16. The molecule has 2 aromatic carbocycles. The maximum absolute atomic E-state index is 11.0. The number of hydrogen-bond acceptors (Lipinski definition) is 3. The lowest BCUT2D eigenvalue weighted by atomic mass is 9.99. The van der Waals surface area contributed by atoms with Crippen LogP contribution < -0.4 is 0 Å². The van der Waals surface area contributed by atoms with Gasteiger partial charge in [0.2, 0.25) is 0 Å². The van der Waals surface area contributed by atoms with Crippen LogP contribution in [0.2, 0.25) is 0 Å². The minimum absolute atomic E-state index is 0.521. The summed E-state index contributed by atoms with van der Waals surface area (Å²) in [5.74, 6) is 1.04. The zero-order valence-corrected chi connectivity index (χ0v) is 23.7. The van der Waals surface area contributed by atoms with Gasteiger partial charge in [0.05, 0.1) is 0 Å². The van der Waals surface area contributed by atoms with Crippen molar-refractivity contribution in [2.75, 3.05) is 0 Å². The van der Waals surface area contributed by atoms with Crippen molar-refractivity contribution in [2.45, 2.75) is 140 Å². The molecular weight excluding hydrogens is 448 g/mol. The van der Waals surface area contributed by atoms with Gasteiger partial charge in [0, 0.05) is 9.79 Å². The molecule has 0 bridgehead atoms. The minimum Gasteiger partial charge on any atom is -0.507 e. The van der Waals surface area contributed by atoms with E-state index in [1.54, 1.807) is 11.8 Å². The molecule has 196 valence electrons. The zero-order chi connectivity index (χ0) is 25.5. The summed E-state index contributed by atoms with van der Waals surface area (Å²) in [6, 6.07) is 8.83. The van der Waals surface area contributed by atoms with Crippen LogP contribution in [0.3, 0.4) is 0 Å². The summed E-state index contributed by atoms with van der Waals surface area (Å²) in [6.07, 6.45) is 17.8. The van der Waals surface area contributed by atoms with Crippen LogP contribution in [0.4, 0.5) is 0 Å². The normalized spacial score (nSPS) is 11.3. The highest BCUT2D eigenvalue weighted by Gasteiger charge is 2.14. The van der Waals surface area contributed by atoms with Crippen molar-refractivity contribution in [3.05, 3.63) is 46.5 Å². The summed E-state index contributed by atoms with van der Waals surface area (Å²) in [4.78, 5) is 2.43. The smallest absolute Gasteiger partial charge is 0.122 e. The number of hydrogen-bond donors (Lipinski definition) is 2. The van der Waals surface area contributed by atoms with E-state index in [9.17, 15) is 10.2 Å². The molecule has 0 saturated heterocycles. The molecule has 35 heavy (non-hydrogen) atoms. The molecule has 0 unspecified atom stereocenters. The Balaban J connectivity index is 2.36. The SMILES string of the molecule is CCCCCc1cc(Sc2cc(CCCCC)c(O)c(CCCCC)c2)cc(CCCCC)c1O. The van der Waals surface area contributed by atoms with Gasteiger partial charge in [-0.05, 0) is 97.9 Å². The van der Waals surface area contributed by atoms with Gasteiger partial charge in [-0.1, -0.05) is 90.8 Å². The van der Waals surface area contributed by atoms with E-state index in [0.29, 0.717) is 11.5 Å². The van der Waals surface area contributed by atoms with Crippen LogP contribution >= 0.6 is 11.8 Å². The van der Waals surface area contributed by atoms with E-state index in [1.807, 2.05) is 0 Å². The molecule has 0 heterocycles. The summed E-state index contributed by atoms with van der Waals surface area (Å²) in [6.45, 7) is 8.90. The fourth-order valence-corrected chi connectivity index (χ4v) is 5.81. The lowest BCUT2D eigenvalue weighted by Crippen LogP contribution is -1.96. The Hall–Kier alpha value is -1.61. The highest BCUT2D eigenvalue weighted by atomic mass is 32.2. The number of aromatic hydroxyl groups is 2. The third kappa shape index (κ3) is 10.1. The second-order valence-corrected chi connectivity index (χ2v) is 11.3. The molecule has 0 aliphatic carbocycles. The summed E-state index contributed by atoms with van der Waals surface area (Å²) in [5.41, 5.74) is 4.39. The first-order valence-electron chi connectivity index (χ1n) is 14.4. The average Bonchev–Trinajstić information content (AvgIpc) is 2.84. The Morgan fingerprint density at radius 1 is 0.457 bits per heavy atom. The second kappa shape index (κ2) is 17.0. The van der Waals surface area contributed by atoms with Crippen LogP contribution in [0.15, 0.2) is 34.1 Å². The first kappa shape index (κ1) is 29.6. The lowest BCUT2D eigenvalue weighted by molar-refractivity contribution is 0.457. The van der Waals surface area contributed by atoms with E-state index < -0.39 is 0 Å². The molecule has 3 heteroatoms. The fraction of sp³-hybridized carbons (Fsp3) is 0.625. The van der Waals surface area contributed by atoms with E-state index in [2.05, 4.69) is 52.0 Å². The molecule has 0 saturated carbocycles. The Bertz CT molecular complexity index is 740. The molecule has 0 atom stereocenters. The molecular formula is C32H50O2S. The number of phenols is 2. The second-order valence-electron chi connectivity index (χ2n) is 10.1. The molecule has 0 aromatic heterocycles. The zero-order valence-electron chi connectivity index (χ0n) is 22.9. The largest absolute Gasteiger partial charge is 0.507 e. The Labute approximate surface area is 219 Å². The van der Waals surface area contributed by atoms with E-state index >= 15 is 0 Å². The third-order valence-corrected chi connectivity index (χ3v) is 7.86. The van der Waals surface area contributed by atoms with Gasteiger partial charge >= 0.3 is 0 Å². The molecule has 0 spiro atoms. The third-order valence-electron chi connectivity index (χ3n) is 6.92. The number of phenolic OH excluding ortho intramolecular Hbond substituents is 2. The highest BCUT2D eigenvalue weighted by Crippen LogP contribution is 2.38. The summed E-state index contributed by atoms with van der Waals surface area (Å²) in [7, 11) is 0. The van der Waals surface area contributed by atoms with Gasteiger partial charge in [-0.25, -0.2) is 0 Å². The first-order chi connectivity index (χ1) is 17.0. The Kier molecular flexibility index (Phi) is 14.3. The monoisotopic (exact) mass is 498 g/mol. The molecule has 0 fully saturated rings. The van der Waals surface area contributed by atoms with Gasteiger partial charge in [0.1, 0.15) is 11.5 Å². The van der Waals surface area contributed by atoms with Crippen LogP contribution in [0.5, 0.6) is 11.5 Å². The first-order valence-corrected chi connectivity index (χ1v) is 15.2. The van der Waals surface area contributed by atoms with Crippen LogP contribution in [-0.2, 0) is 25.7 Å². The minimum atomic E-state index is 0.521. The molecule has 2 aromatic rings. The molecule has 0 amide bonds. The maximum Gasteiger partial charge on any atom is 0.122 e. The fourth-order valence-electron chi connectivity index (χ4n) is 4.73. The maximum atomic E-state index is 11.0. The Morgan fingerprint density at radius 3 is 0.943 bits per heavy atom. The van der Waals surface area contributed by atoms with Gasteiger partial charge in [-0.3, -0.25) is 0 Å². The van der Waals surface area contributed by atoms with E-state index in [0.717, 1.165) is 73.6 Å². The van der Waals surface area contributed by atoms with Crippen LogP contribution in [0.1, 0.15) is 127 Å². The van der Waals surface area contributed by atoms with Crippen molar-refractivity contribution in [1.29, 1.82) is 0 Å². The van der Waals surface area contributed by atoms with Gasteiger partial charge in [0.25, 0.3) is 0 Å². The molecule has 0 radical (unpaired) electrons. The average molecular weight is 499 g/mol. The topological polar surface area (TPSA) is 40.5 Å². The van der Waals surface area contributed by atoms with Gasteiger partial charge in [-0.15, -0.1) is 0 Å². The molecule has 0 aliphatic heterocycles. The standard InChI is InChI=1S/C32H50O2S/c1-5-9-13-17-25-21-29(22-26(31(25)33)18-14-10-6-2)35-30-23-27(19-15-11-7-3)32(34)28(24-30)20-16-12-8-4/h21-24,33-34H,5-20H2,1-4H3. The number of aryl methyl sites for hydroxylation is 4. The van der Waals surface area contributed by atoms with Gasteiger partial charge < -0.3 is 10.2 Å². The van der Waals surface area contributed by atoms with Crippen molar-refractivity contribution in [2.24, 2.45) is 0 Å². The molecule has 2 N–H and O–H groups in total. The summed E-state index contributed by atoms with van der Waals surface area (Å²) >= 11 is 1.80. The molecule has 2 nitrogen and oxygen atoms in total. The van der Waals surface area contributed by atoms with Crippen LogP contribution in [0.25, 0.3) is 0 Å². The van der Waals surface area contributed by atoms with Crippen molar-refractivity contribution < 1.29 is 10.2 Å². The van der Waals surface area contributed by atoms with Crippen LogP contribution in [0, 0.1) is 0 Å². The molecule has 2 rings (SSSR count). The van der Waals surface area contributed by atoms with Gasteiger partial charge in [0.15, 0.2) is 0 Å². The van der Waals surface area contributed by atoms with E-state index in [-0.39, 0.29) is 0 Å². The number of unbranched alkanes of at least 4 members (excludes halogenated alkanes) is 8. The van der Waals surface area contributed by atoms with E-state index in [1.165, 1.54) is 61.2 Å². The van der Waals surface area contributed by atoms with Crippen molar-refractivity contribution >= 4 is 11.8 Å². The number of rotatable bonds is 18. The predicted octanol–water partition coefficient (Wildman–Crippen LogP) is 10.2. The number of benzene rings is 2.